The molecule has 0 fully saturated rings. The Hall–Kier alpha value is -0.830. The molecule has 0 aromatic carbocycles. The third kappa shape index (κ3) is 1.88. The van der Waals surface area contributed by atoms with Gasteiger partial charge in [-0.15, -0.1) is 22.7 Å². The summed E-state index contributed by atoms with van der Waals surface area (Å²) in [5.74, 6) is 0. The molecule has 0 saturated heterocycles. The van der Waals surface area contributed by atoms with Gasteiger partial charge in [0.1, 0.15) is 10.9 Å². The van der Waals surface area contributed by atoms with Crippen LogP contribution in [-0.4, -0.2) is 0 Å². The highest BCUT2D eigenvalue weighted by molar-refractivity contribution is 9.11. The van der Waals surface area contributed by atoms with Crippen molar-refractivity contribution in [2.24, 2.45) is 0 Å². The van der Waals surface area contributed by atoms with E-state index in [1.807, 2.05) is 0 Å². The molecule has 16 heavy (non-hydrogen) atoms. The summed E-state index contributed by atoms with van der Waals surface area (Å²) in [7, 11) is 0. The van der Waals surface area contributed by atoms with Crippen LogP contribution in [0.2, 0.25) is 0 Å². The Kier molecular flexibility index (Phi) is 3.33. The first kappa shape index (κ1) is 11.6. The molecule has 0 aliphatic heterocycles. The van der Waals surface area contributed by atoms with Crippen LogP contribution >= 0.6 is 38.6 Å². The summed E-state index contributed by atoms with van der Waals surface area (Å²) in [6.45, 7) is 2.06. The minimum Gasteiger partial charge on any atom is -0.397 e. The average Bonchev–Trinajstić information content (AvgIpc) is 2.82. The molecule has 0 atom stereocenters. The number of rotatable bonds is 2. The molecule has 82 valence electrons. The summed E-state index contributed by atoms with van der Waals surface area (Å²) in [5, 5.41) is 11.1. The molecular formula is C11H9BrN2S2. The highest BCUT2D eigenvalue weighted by atomic mass is 79.9. The Morgan fingerprint density at radius 3 is 2.81 bits per heavy atom. The van der Waals surface area contributed by atoms with Gasteiger partial charge in [-0.3, -0.25) is 0 Å². The van der Waals surface area contributed by atoms with Gasteiger partial charge in [0.15, 0.2) is 0 Å². The van der Waals surface area contributed by atoms with Crippen molar-refractivity contribution in [3.05, 3.63) is 25.7 Å². The number of thiophene rings is 2. The predicted molar refractivity (Wildman–Crippen MR) is 73.8 cm³/mol. The van der Waals surface area contributed by atoms with Gasteiger partial charge in [-0.25, -0.2) is 0 Å². The maximum absolute atomic E-state index is 8.98. The first-order valence-corrected chi connectivity index (χ1v) is 7.22. The van der Waals surface area contributed by atoms with E-state index in [2.05, 4.69) is 40.4 Å². The maximum atomic E-state index is 8.98. The Morgan fingerprint density at radius 2 is 2.31 bits per heavy atom. The number of halogens is 1. The standard InChI is InChI=1S/C11H9BrN2S2/c1-2-7-10(14)8(4-13)16-11(7)6-3-9(12)15-5-6/h3,5H,2,14H2,1H3. The zero-order valence-corrected chi connectivity index (χ0v) is 11.8. The number of nitrogen functional groups attached to an aromatic ring is 1. The molecule has 0 spiro atoms. The first-order chi connectivity index (χ1) is 7.67. The molecule has 2 aromatic heterocycles. The second-order valence-corrected chi connectivity index (χ2v) is 6.57. The van der Waals surface area contributed by atoms with Crippen molar-refractivity contribution in [2.75, 3.05) is 5.73 Å². The van der Waals surface area contributed by atoms with Gasteiger partial charge >= 0.3 is 0 Å². The lowest BCUT2D eigenvalue weighted by Crippen LogP contribution is -1.90. The van der Waals surface area contributed by atoms with Gasteiger partial charge < -0.3 is 5.73 Å². The summed E-state index contributed by atoms with van der Waals surface area (Å²) in [4.78, 5) is 1.74. The molecule has 5 heteroatoms. The van der Waals surface area contributed by atoms with Gasteiger partial charge in [0.2, 0.25) is 0 Å². The molecule has 0 radical (unpaired) electrons. The van der Waals surface area contributed by atoms with E-state index in [0.29, 0.717) is 10.6 Å². The van der Waals surface area contributed by atoms with Crippen LogP contribution in [0.5, 0.6) is 0 Å². The highest BCUT2D eigenvalue weighted by Crippen LogP contribution is 2.40. The SMILES string of the molecule is CCc1c(-c2csc(Br)c2)sc(C#N)c1N. The van der Waals surface area contributed by atoms with E-state index < -0.39 is 0 Å². The third-order valence-electron chi connectivity index (χ3n) is 2.33. The van der Waals surface area contributed by atoms with Crippen LogP contribution in [0, 0.1) is 11.3 Å². The summed E-state index contributed by atoms with van der Waals surface area (Å²) in [6.07, 6.45) is 0.854. The lowest BCUT2D eigenvalue weighted by atomic mass is 10.1. The second-order valence-electron chi connectivity index (χ2n) is 3.26. The Morgan fingerprint density at radius 1 is 1.56 bits per heavy atom. The molecule has 0 saturated carbocycles. The highest BCUT2D eigenvalue weighted by Gasteiger charge is 2.16. The van der Waals surface area contributed by atoms with Crippen molar-refractivity contribution in [1.29, 1.82) is 5.26 Å². The van der Waals surface area contributed by atoms with Crippen molar-refractivity contribution in [1.82, 2.24) is 0 Å². The van der Waals surface area contributed by atoms with Crippen LogP contribution in [0.4, 0.5) is 5.69 Å². The molecule has 2 nitrogen and oxygen atoms in total. The number of nitrogens with zero attached hydrogens (tertiary/aromatic N) is 1. The molecule has 2 N–H and O–H groups in total. The van der Waals surface area contributed by atoms with Crippen LogP contribution in [-0.2, 0) is 6.42 Å². The fourth-order valence-corrected chi connectivity index (χ4v) is 3.89. The molecule has 2 heterocycles. The van der Waals surface area contributed by atoms with Crippen molar-refractivity contribution in [2.45, 2.75) is 13.3 Å². The fourth-order valence-electron chi connectivity index (χ4n) is 1.57. The van der Waals surface area contributed by atoms with Gasteiger partial charge in [-0.05, 0) is 34.0 Å². The Labute approximate surface area is 110 Å². The lowest BCUT2D eigenvalue weighted by molar-refractivity contribution is 1.16. The lowest BCUT2D eigenvalue weighted by Gasteiger charge is -1.98. The Bertz CT molecular complexity index is 563. The van der Waals surface area contributed by atoms with Crippen LogP contribution in [0.3, 0.4) is 0 Å². The normalized spacial score (nSPS) is 10.3. The van der Waals surface area contributed by atoms with E-state index in [9.17, 15) is 0 Å². The van der Waals surface area contributed by atoms with Gasteiger partial charge in [0, 0.05) is 15.8 Å². The summed E-state index contributed by atoms with van der Waals surface area (Å²) >= 11 is 6.56. The van der Waals surface area contributed by atoms with E-state index in [4.69, 9.17) is 11.0 Å². The molecular weight excluding hydrogens is 304 g/mol. The molecule has 0 bridgehead atoms. The quantitative estimate of drug-likeness (QED) is 0.901. The average molecular weight is 313 g/mol. The van der Waals surface area contributed by atoms with Gasteiger partial charge in [0.05, 0.1) is 9.47 Å². The van der Waals surface area contributed by atoms with E-state index in [-0.39, 0.29) is 0 Å². The minimum atomic E-state index is 0.620. The first-order valence-electron chi connectivity index (χ1n) is 4.73. The van der Waals surface area contributed by atoms with Crippen molar-refractivity contribution >= 4 is 44.3 Å². The summed E-state index contributed by atoms with van der Waals surface area (Å²) in [6, 6.07) is 4.22. The van der Waals surface area contributed by atoms with Gasteiger partial charge in [-0.1, -0.05) is 6.92 Å². The zero-order chi connectivity index (χ0) is 11.7. The summed E-state index contributed by atoms with van der Waals surface area (Å²) < 4.78 is 1.09. The number of nitrogens with two attached hydrogens (primary N) is 1. The van der Waals surface area contributed by atoms with Crippen LogP contribution < -0.4 is 5.73 Å². The van der Waals surface area contributed by atoms with E-state index in [1.165, 1.54) is 11.3 Å². The molecule has 0 amide bonds. The summed E-state index contributed by atoms with van der Waals surface area (Å²) in [5.41, 5.74) is 8.83. The molecule has 2 rings (SSSR count). The van der Waals surface area contributed by atoms with Crippen LogP contribution in [0.25, 0.3) is 10.4 Å². The monoisotopic (exact) mass is 312 g/mol. The topological polar surface area (TPSA) is 49.8 Å². The fraction of sp³-hybridized carbons (Fsp3) is 0.182. The smallest absolute Gasteiger partial charge is 0.128 e. The minimum absolute atomic E-state index is 0.620. The zero-order valence-electron chi connectivity index (χ0n) is 8.58. The molecule has 0 aliphatic carbocycles. The molecule has 0 aliphatic rings. The number of hydrogen-bond acceptors (Lipinski definition) is 4. The van der Waals surface area contributed by atoms with Crippen molar-refractivity contribution in [3.8, 4) is 16.5 Å². The second kappa shape index (κ2) is 4.58. The van der Waals surface area contributed by atoms with Crippen LogP contribution in [0.1, 0.15) is 17.4 Å². The van der Waals surface area contributed by atoms with Crippen LogP contribution in [0.15, 0.2) is 15.2 Å². The largest absolute Gasteiger partial charge is 0.397 e. The number of nitriles is 1. The van der Waals surface area contributed by atoms with Gasteiger partial charge in [0.25, 0.3) is 0 Å². The van der Waals surface area contributed by atoms with E-state index >= 15 is 0 Å². The molecule has 2 aromatic rings. The number of anilines is 1. The maximum Gasteiger partial charge on any atom is 0.128 e. The van der Waals surface area contributed by atoms with Gasteiger partial charge in [-0.2, -0.15) is 5.26 Å². The van der Waals surface area contributed by atoms with E-state index in [1.54, 1.807) is 11.3 Å². The van der Waals surface area contributed by atoms with Crippen molar-refractivity contribution in [3.63, 3.8) is 0 Å². The predicted octanol–water partition coefficient (Wildman–Crippen LogP) is 4.26. The van der Waals surface area contributed by atoms with E-state index in [0.717, 1.165) is 26.2 Å². The Balaban J connectivity index is 2.61. The number of hydrogen-bond donors (Lipinski definition) is 1. The van der Waals surface area contributed by atoms with Crippen molar-refractivity contribution < 1.29 is 0 Å². The molecule has 0 unspecified atom stereocenters. The third-order valence-corrected chi connectivity index (χ3v) is 5.04.